The molecule has 0 aliphatic carbocycles. The molecule has 0 bridgehead atoms. The molecule has 36 heavy (non-hydrogen) atoms. The van der Waals surface area contributed by atoms with Crippen molar-refractivity contribution in [1.29, 1.82) is 0 Å². The second-order valence-corrected chi connectivity index (χ2v) is 9.96. The molecule has 0 spiro atoms. The molecule has 0 saturated heterocycles. The number of halogens is 1. The van der Waals surface area contributed by atoms with Gasteiger partial charge in [-0.3, -0.25) is 14.2 Å². The first kappa shape index (κ1) is 25.9. The predicted octanol–water partition coefficient (Wildman–Crippen LogP) is 7.19. The number of hydrogen-bond donors (Lipinski definition) is 0. The Morgan fingerprint density at radius 3 is 2.50 bits per heavy atom. The fraction of sp³-hybridized carbons (Fsp3) is 0.345. The Morgan fingerprint density at radius 1 is 1.03 bits per heavy atom. The average Bonchev–Trinajstić information content (AvgIpc) is 3.41. The smallest absolute Gasteiger partial charge is 0.266 e. The van der Waals surface area contributed by atoms with E-state index in [2.05, 4.69) is 22.9 Å². The van der Waals surface area contributed by atoms with Gasteiger partial charge in [-0.1, -0.05) is 60.7 Å². The van der Waals surface area contributed by atoms with Gasteiger partial charge in [-0.15, -0.1) is 0 Å². The standard InChI is InChI=1S/C29H32BrN3O3/c1-3-4-5-6-7-14-27(34)32(20-24-11-10-19-36-24)21(2)28-31-26-13-9-8-12-25(26)29(35)33(28)23-17-15-22(30)16-18-23/h8-13,15-19,21H,3-7,14,20H2,1-2H3. The minimum atomic E-state index is -0.459. The van der Waals surface area contributed by atoms with Gasteiger partial charge in [0.25, 0.3) is 5.56 Å². The second-order valence-electron chi connectivity index (χ2n) is 9.05. The Hall–Kier alpha value is -3.19. The minimum absolute atomic E-state index is 0.0279. The highest BCUT2D eigenvalue weighted by molar-refractivity contribution is 9.10. The molecule has 1 amide bonds. The fourth-order valence-electron chi connectivity index (χ4n) is 4.44. The first-order valence-electron chi connectivity index (χ1n) is 12.6. The van der Waals surface area contributed by atoms with Gasteiger partial charge in [0, 0.05) is 10.9 Å². The molecule has 2 heterocycles. The molecule has 4 aromatic rings. The predicted molar refractivity (Wildman–Crippen MR) is 146 cm³/mol. The van der Waals surface area contributed by atoms with E-state index in [1.807, 2.05) is 61.5 Å². The van der Waals surface area contributed by atoms with E-state index >= 15 is 0 Å². The molecule has 0 aliphatic rings. The molecule has 0 aliphatic heterocycles. The molecule has 0 fully saturated rings. The van der Waals surface area contributed by atoms with Crippen molar-refractivity contribution < 1.29 is 9.21 Å². The number of benzene rings is 2. The van der Waals surface area contributed by atoms with E-state index < -0.39 is 6.04 Å². The van der Waals surface area contributed by atoms with E-state index in [0.29, 0.717) is 41.1 Å². The third-order valence-corrected chi connectivity index (χ3v) is 6.98. The highest BCUT2D eigenvalue weighted by Crippen LogP contribution is 2.26. The van der Waals surface area contributed by atoms with E-state index in [1.54, 1.807) is 21.8 Å². The quantitative estimate of drug-likeness (QED) is 0.185. The van der Waals surface area contributed by atoms with Crippen LogP contribution in [-0.2, 0) is 11.3 Å². The summed E-state index contributed by atoms with van der Waals surface area (Å²) in [6.45, 7) is 4.42. The van der Waals surface area contributed by atoms with Gasteiger partial charge in [-0.25, -0.2) is 4.98 Å². The lowest BCUT2D eigenvalue weighted by Crippen LogP contribution is -2.37. The van der Waals surface area contributed by atoms with Crippen molar-refractivity contribution in [2.75, 3.05) is 0 Å². The average molecular weight is 550 g/mol. The Bertz CT molecular complexity index is 1350. The number of hydrogen-bond acceptors (Lipinski definition) is 4. The van der Waals surface area contributed by atoms with Crippen LogP contribution in [0.5, 0.6) is 0 Å². The summed E-state index contributed by atoms with van der Waals surface area (Å²) >= 11 is 3.47. The summed E-state index contributed by atoms with van der Waals surface area (Å²) in [6.07, 6.45) is 7.40. The summed E-state index contributed by atoms with van der Waals surface area (Å²) in [5.41, 5.74) is 1.16. The molecule has 0 N–H and O–H groups in total. The van der Waals surface area contributed by atoms with Crippen molar-refractivity contribution >= 4 is 32.7 Å². The number of carbonyl (C=O) groups is 1. The van der Waals surface area contributed by atoms with Gasteiger partial charge in [-0.2, -0.15) is 0 Å². The van der Waals surface area contributed by atoms with E-state index in [-0.39, 0.29) is 11.5 Å². The maximum atomic E-state index is 13.7. The van der Waals surface area contributed by atoms with Crippen LogP contribution in [0.1, 0.15) is 70.0 Å². The lowest BCUT2D eigenvalue weighted by molar-refractivity contribution is -0.134. The fourth-order valence-corrected chi connectivity index (χ4v) is 4.71. The van der Waals surface area contributed by atoms with E-state index in [9.17, 15) is 9.59 Å². The molecule has 188 valence electrons. The van der Waals surface area contributed by atoms with E-state index in [1.165, 1.54) is 6.42 Å². The number of rotatable bonds is 11. The number of nitrogens with zero attached hydrogens (tertiary/aromatic N) is 3. The molecular formula is C29H32BrN3O3. The van der Waals surface area contributed by atoms with Crippen molar-refractivity contribution in [3.63, 3.8) is 0 Å². The number of carbonyl (C=O) groups excluding carboxylic acids is 1. The maximum absolute atomic E-state index is 13.7. The molecule has 7 heteroatoms. The second kappa shape index (κ2) is 12.2. The Morgan fingerprint density at radius 2 is 1.78 bits per heavy atom. The van der Waals surface area contributed by atoms with Gasteiger partial charge >= 0.3 is 0 Å². The Labute approximate surface area is 220 Å². The van der Waals surface area contributed by atoms with Gasteiger partial charge < -0.3 is 9.32 Å². The SMILES string of the molecule is CCCCCCCC(=O)N(Cc1ccco1)C(C)c1nc2ccccc2c(=O)n1-c1ccc(Br)cc1. The van der Waals surface area contributed by atoms with Crippen molar-refractivity contribution in [2.24, 2.45) is 0 Å². The van der Waals surface area contributed by atoms with Crippen molar-refractivity contribution in [1.82, 2.24) is 14.5 Å². The third kappa shape index (κ3) is 5.95. The lowest BCUT2D eigenvalue weighted by Gasteiger charge is -2.30. The first-order valence-corrected chi connectivity index (χ1v) is 13.4. The van der Waals surface area contributed by atoms with Crippen LogP contribution >= 0.6 is 15.9 Å². The van der Waals surface area contributed by atoms with Crippen LogP contribution in [0.15, 0.2) is 80.6 Å². The Kier molecular flexibility index (Phi) is 8.75. The van der Waals surface area contributed by atoms with Crippen LogP contribution in [0.2, 0.25) is 0 Å². The zero-order valence-corrected chi connectivity index (χ0v) is 22.4. The monoisotopic (exact) mass is 549 g/mol. The summed E-state index contributed by atoms with van der Waals surface area (Å²) in [5.74, 6) is 1.24. The molecule has 4 rings (SSSR count). The molecule has 6 nitrogen and oxygen atoms in total. The third-order valence-electron chi connectivity index (χ3n) is 6.45. The summed E-state index contributed by atoms with van der Waals surface area (Å²) in [5, 5.41) is 0.538. The van der Waals surface area contributed by atoms with E-state index in [0.717, 1.165) is 30.2 Å². The number of furan rings is 1. The molecule has 1 atom stereocenters. The highest BCUT2D eigenvalue weighted by atomic mass is 79.9. The van der Waals surface area contributed by atoms with Gasteiger partial charge in [0.05, 0.1) is 35.4 Å². The van der Waals surface area contributed by atoms with Crippen LogP contribution in [0.3, 0.4) is 0 Å². The summed E-state index contributed by atoms with van der Waals surface area (Å²) < 4.78 is 8.14. The zero-order chi connectivity index (χ0) is 25.5. The topological polar surface area (TPSA) is 68.3 Å². The number of fused-ring (bicyclic) bond motifs is 1. The Balaban J connectivity index is 1.76. The van der Waals surface area contributed by atoms with Gasteiger partial charge in [-0.05, 0) is 61.9 Å². The molecule has 1 unspecified atom stereocenters. The van der Waals surface area contributed by atoms with Gasteiger partial charge in [0.1, 0.15) is 11.6 Å². The number of aromatic nitrogens is 2. The highest BCUT2D eigenvalue weighted by Gasteiger charge is 2.27. The van der Waals surface area contributed by atoms with Crippen LogP contribution in [0.4, 0.5) is 0 Å². The van der Waals surface area contributed by atoms with Crippen molar-refractivity contribution in [2.45, 2.75) is 65.0 Å². The maximum Gasteiger partial charge on any atom is 0.266 e. The van der Waals surface area contributed by atoms with Gasteiger partial charge in [0.2, 0.25) is 5.91 Å². The number of amides is 1. The normalized spacial score (nSPS) is 12.1. The largest absolute Gasteiger partial charge is 0.467 e. The zero-order valence-electron chi connectivity index (χ0n) is 20.8. The summed E-state index contributed by atoms with van der Waals surface area (Å²) in [6, 6.07) is 18.1. The summed E-state index contributed by atoms with van der Waals surface area (Å²) in [4.78, 5) is 33.9. The van der Waals surface area contributed by atoms with Crippen LogP contribution < -0.4 is 5.56 Å². The van der Waals surface area contributed by atoms with E-state index in [4.69, 9.17) is 9.40 Å². The van der Waals surface area contributed by atoms with Crippen LogP contribution in [0.25, 0.3) is 16.6 Å². The number of para-hydroxylation sites is 1. The molecule has 0 radical (unpaired) electrons. The molecule has 0 saturated carbocycles. The first-order chi connectivity index (χ1) is 17.5. The van der Waals surface area contributed by atoms with Gasteiger partial charge in [0.15, 0.2) is 0 Å². The molecule has 2 aromatic carbocycles. The molecular weight excluding hydrogens is 518 g/mol. The number of unbranched alkanes of at least 4 members (excludes halogenated alkanes) is 4. The minimum Gasteiger partial charge on any atom is -0.467 e. The van der Waals surface area contributed by atoms with Crippen molar-refractivity contribution in [3.05, 3.63) is 93.3 Å². The molecule has 2 aromatic heterocycles. The van der Waals surface area contributed by atoms with Crippen LogP contribution in [0, 0.1) is 0 Å². The lowest BCUT2D eigenvalue weighted by atomic mass is 10.1. The van der Waals surface area contributed by atoms with Crippen LogP contribution in [-0.4, -0.2) is 20.4 Å². The summed E-state index contributed by atoms with van der Waals surface area (Å²) in [7, 11) is 0. The van der Waals surface area contributed by atoms with Crippen molar-refractivity contribution in [3.8, 4) is 5.69 Å².